The van der Waals surface area contributed by atoms with Crippen LogP contribution in [0.25, 0.3) is 10.7 Å². The summed E-state index contributed by atoms with van der Waals surface area (Å²) >= 11 is 3.18. The Morgan fingerprint density at radius 3 is 2.80 bits per heavy atom. The molecule has 2 aromatic heterocycles. The number of benzene rings is 1. The molecule has 7 heteroatoms. The Morgan fingerprint density at radius 1 is 1.28 bits per heavy atom. The second-order valence-corrected chi connectivity index (χ2v) is 7.90. The van der Waals surface area contributed by atoms with E-state index in [9.17, 15) is 4.79 Å². The largest absolute Gasteiger partial charge is 0.337 e. The van der Waals surface area contributed by atoms with Crippen molar-refractivity contribution < 1.29 is 9.32 Å². The second kappa shape index (κ2) is 8.31. The zero-order valence-corrected chi connectivity index (χ0v) is 15.7. The molecule has 5 nitrogen and oxygen atoms in total. The fourth-order valence-corrected chi connectivity index (χ4v) is 3.89. The predicted molar refractivity (Wildman–Crippen MR) is 101 cm³/mol. The molecule has 0 aliphatic heterocycles. The fraction of sp³-hybridized carbons (Fsp3) is 0.278. The normalized spacial score (nSPS) is 12.1. The maximum Gasteiger partial charge on any atom is 0.246 e. The molecule has 0 saturated heterocycles. The van der Waals surface area contributed by atoms with Gasteiger partial charge in [-0.3, -0.25) is 4.79 Å². The summed E-state index contributed by atoms with van der Waals surface area (Å²) in [4.78, 5) is 19.5. The van der Waals surface area contributed by atoms with Gasteiger partial charge in [0.15, 0.2) is 0 Å². The summed E-state index contributed by atoms with van der Waals surface area (Å²) in [6.45, 7) is 2.24. The van der Waals surface area contributed by atoms with E-state index in [1.807, 2.05) is 42.6 Å². The molecule has 0 N–H and O–H groups in total. The average molecular weight is 374 g/mol. The number of aromatic nitrogens is 2. The fourth-order valence-electron chi connectivity index (χ4n) is 2.28. The zero-order valence-electron chi connectivity index (χ0n) is 14.1. The highest BCUT2D eigenvalue weighted by Gasteiger charge is 2.20. The van der Waals surface area contributed by atoms with E-state index >= 15 is 0 Å². The molecule has 3 rings (SSSR count). The second-order valence-electron chi connectivity index (χ2n) is 5.62. The van der Waals surface area contributed by atoms with Gasteiger partial charge in [-0.1, -0.05) is 41.6 Å². The van der Waals surface area contributed by atoms with Crippen LogP contribution in [0.3, 0.4) is 0 Å². The molecule has 3 aromatic rings. The van der Waals surface area contributed by atoms with Crippen LogP contribution in [-0.2, 0) is 17.1 Å². The zero-order chi connectivity index (χ0) is 17.6. The third-order valence-electron chi connectivity index (χ3n) is 3.65. The van der Waals surface area contributed by atoms with Crippen LogP contribution in [0.5, 0.6) is 0 Å². The van der Waals surface area contributed by atoms with E-state index in [1.165, 1.54) is 5.56 Å². The molecule has 1 atom stereocenters. The molecule has 0 saturated carbocycles. The topological polar surface area (TPSA) is 59.2 Å². The van der Waals surface area contributed by atoms with Crippen molar-refractivity contribution in [1.82, 2.24) is 15.0 Å². The molecular formula is C18H19N3O2S2. The number of thioether (sulfide) groups is 1. The molecule has 2 heterocycles. The molecule has 0 radical (unpaired) electrons. The molecule has 1 amide bonds. The Kier molecular flexibility index (Phi) is 5.88. The lowest BCUT2D eigenvalue weighted by Gasteiger charge is -2.19. The van der Waals surface area contributed by atoms with Gasteiger partial charge in [-0.2, -0.15) is 4.98 Å². The van der Waals surface area contributed by atoms with Crippen LogP contribution in [-0.4, -0.2) is 33.2 Å². The third kappa shape index (κ3) is 4.70. The van der Waals surface area contributed by atoms with E-state index < -0.39 is 0 Å². The van der Waals surface area contributed by atoms with E-state index in [4.69, 9.17) is 4.52 Å². The smallest absolute Gasteiger partial charge is 0.246 e. The van der Waals surface area contributed by atoms with E-state index in [2.05, 4.69) is 22.3 Å². The predicted octanol–water partition coefficient (Wildman–Crippen LogP) is 4.08. The summed E-state index contributed by atoms with van der Waals surface area (Å²) in [5.41, 5.74) is 1.22. The van der Waals surface area contributed by atoms with Crippen molar-refractivity contribution >= 4 is 29.0 Å². The van der Waals surface area contributed by atoms with E-state index in [0.717, 1.165) is 10.6 Å². The molecular weight excluding hydrogens is 354 g/mol. The monoisotopic (exact) mass is 373 g/mol. The summed E-state index contributed by atoms with van der Waals surface area (Å²) in [5.74, 6) is 1.87. The van der Waals surface area contributed by atoms with Crippen molar-refractivity contribution in [3.8, 4) is 10.7 Å². The first-order chi connectivity index (χ1) is 12.1. The number of hydrogen-bond donors (Lipinski definition) is 0. The van der Waals surface area contributed by atoms with Crippen LogP contribution >= 0.6 is 23.1 Å². The third-order valence-corrected chi connectivity index (χ3v) is 5.72. The number of nitrogens with zero attached hydrogens (tertiary/aromatic N) is 3. The van der Waals surface area contributed by atoms with Crippen molar-refractivity contribution in [3.05, 3.63) is 59.3 Å². The van der Waals surface area contributed by atoms with Crippen LogP contribution in [0.4, 0.5) is 0 Å². The number of amides is 1. The molecule has 0 aliphatic carbocycles. The number of carbonyl (C=O) groups is 1. The molecule has 130 valence electrons. The van der Waals surface area contributed by atoms with Crippen molar-refractivity contribution in [1.29, 1.82) is 0 Å². The Hall–Kier alpha value is -2.12. The van der Waals surface area contributed by atoms with Crippen molar-refractivity contribution in [2.45, 2.75) is 24.5 Å². The van der Waals surface area contributed by atoms with Crippen LogP contribution < -0.4 is 0 Å². The van der Waals surface area contributed by atoms with Crippen LogP contribution in [0.1, 0.15) is 18.4 Å². The maximum atomic E-state index is 12.5. The first-order valence-corrected chi connectivity index (χ1v) is 9.83. The van der Waals surface area contributed by atoms with Gasteiger partial charge < -0.3 is 9.42 Å². The number of thiophene rings is 1. The summed E-state index contributed by atoms with van der Waals surface area (Å²) in [5, 5.41) is 5.80. The van der Waals surface area contributed by atoms with E-state index in [-0.39, 0.29) is 11.2 Å². The minimum Gasteiger partial charge on any atom is -0.337 e. The van der Waals surface area contributed by atoms with Gasteiger partial charge in [0.25, 0.3) is 0 Å². The van der Waals surface area contributed by atoms with E-state index in [0.29, 0.717) is 18.3 Å². The Morgan fingerprint density at radius 2 is 2.08 bits per heavy atom. The molecule has 0 aliphatic rings. The minimum absolute atomic E-state index is 0.0526. The standard InChI is InChI=1S/C18H19N3O2S2/c1-13(25-12-14-7-4-3-5-8-14)18(22)21(2)11-16-19-17(20-23-16)15-9-6-10-24-15/h3-10,13H,11-12H2,1-2H3/t13-/m0/s1. The van der Waals surface area contributed by atoms with Gasteiger partial charge in [-0.15, -0.1) is 23.1 Å². The van der Waals surface area contributed by atoms with Gasteiger partial charge in [0.05, 0.1) is 16.7 Å². The molecule has 1 aromatic carbocycles. The average Bonchev–Trinajstić information content (AvgIpc) is 3.31. The summed E-state index contributed by atoms with van der Waals surface area (Å²) in [7, 11) is 1.76. The highest BCUT2D eigenvalue weighted by Crippen LogP contribution is 2.22. The van der Waals surface area contributed by atoms with Gasteiger partial charge >= 0.3 is 0 Å². The molecule has 25 heavy (non-hydrogen) atoms. The number of hydrogen-bond acceptors (Lipinski definition) is 6. The van der Waals surface area contributed by atoms with Crippen LogP contribution in [0.2, 0.25) is 0 Å². The SMILES string of the molecule is C[C@H](SCc1ccccc1)C(=O)N(C)Cc1nc(-c2cccs2)no1. The molecule has 0 spiro atoms. The number of rotatable bonds is 7. The highest BCUT2D eigenvalue weighted by atomic mass is 32.2. The quantitative estimate of drug-likeness (QED) is 0.624. The summed E-state index contributed by atoms with van der Waals surface area (Å²) in [6.07, 6.45) is 0. The lowest BCUT2D eigenvalue weighted by atomic mass is 10.2. The van der Waals surface area contributed by atoms with Crippen molar-refractivity contribution in [3.63, 3.8) is 0 Å². The molecule has 0 fully saturated rings. The minimum atomic E-state index is -0.134. The number of carbonyl (C=O) groups excluding carboxylic acids is 1. The Labute approximate surface area is 155 Å². The van der Waals surface area contributed by atoms with Gasteiger partial charge in [-0.25, -0.2) is 0 Å². The van der Waals surface area contributed by atoms with Crippen LogP contribution in [0.15, 0.2) is 52.4 Å². The van der Waals surface area contributed by atoms with Crippen LogP contribution in [0, 0.1) is 0 Å². The summed E-state index contributed by atoms with van der Waals surface area (Å²) in [6, 6.07) is 14.0. The first kappa shape index (κ1) is 17.7. The Bertz CT molecular complexity index is 803. The highest BCUT2D eigenvalue weighted by molar-refractivity contribution is 7.99. The van der Waals surface area contributed by atoms with Crippen molar-refractivity contribution in [2.24, 2.45) is 0 Å². The Balaban J connectivity index is 1.53. The summed E-state index contributed by atoms with van der Waals surface area (Å²) < 4.78 is 5.26. The maximum absolute atomic E-state index is 12.5. The van der Waals surface area contributed by atoms with Gasteiger partial charge in [0, 0.05) is 12.8 Å². The van der Waals surface area contributed by atoms with Gasteiger partial charge in [0.1, 0.15) is 0 Å². The lowest BCUT2D eigenvalue weighted by molar-refractivity contribution is -0.129. The lowest BCUT2D eigenvalue weighted by Crippen LogP contribution is -2.33. The first-order valence-electron chi connectivity index (χ1n) is 7.90. The van der Waals surface area contributed by atoms with Crippen molar-refractivity contribution in [2.75, 3.05) is 7.05 Å². The molecule has 0 bridgehead atoms. The van der Waals surface area contributed by atoms with Gasteiger partial charge in [-0.05, 0) is 23.9 Å². The molecule has 0 unspecified atom stereocenters. The van der Waals surface area contributed by atoms with Gasteiger partial charge in [0.2, 0.25) is 17.6 Å². The van der Waals surface area contributed by atoms with E-state index in [1.54, 1.807) is 35.0 Å².